The van der Waals surface area contributed by atoms with Gasteiger partial charge in [-0.1, -0.05) is 44.2 Å². The maximum Gasteiger partial charge on any atom is 0.335 e. The van der Waals surface area contributed by atoms with E-state index in [0.717, 1.165) is 40.3 Å². The van der Waals surface area contributed by atoms with Crippen LogP contribution in [0.4, 0.5) is 0 Å². The van der Waals surface area contributed by atoms with Gasteiger partial charge in [0.2, 0.25) is 0 Å². The number of fused-ring (bicyclic) bond motifs is 1. The Balaban J connectivity index is 2.10. The van der Waals surface area contributed by atoms with Gasteiger partial charge < -0.3 is 10.2 Å². The number of aromatic hydroxyl groups is 1. The van der Waals surface area contributed by atoms with Crippen LogP contribution in [-0.2, 0) is 5.41 Å². The van der Waals surface area contributed by atoms with Crippen LogP contribution in [-0.4, -0.2) is 16.2 Å². The highest BCUT2D eigenvalue weighted by molar-refractivity contribution is 5.91. The van der Waals surface area contributed by atoms with E-state index in [1.807, 2.05) is 36.4 Å². The second-order valence-electron chi connectivity index (χ2n) is 7.22. The Morgan fingerprint density at radius 3 is 2.30 bits per heavy atom. The van der Waals surface area contributed by atoms with Crippen LogP contribution in [0.2, 0.25) is 0 Å². The summed E-state index contributed by atoms with van der Waals surface area (Å²) in [6.07, 6.45) is 3.58. The average molecular weight is 360 g/mol. The molecule has 0 saturated heterocycles. The van der Waals surface area contributed by atoms with Gasteiger partial charge in [-0.2, -0.15) is 0 Å². The highest BCUT2D eigenvalue weighted by atomic mass is 16.4. The lowest BCUT2D eigenvalue weighted by Gasteiger charge is -2.28. The zero-order chi connectivity index (χ0) is 19.6. The van der Waals surface area contributed by atoms with Gasteiger partial charge in [0, 0.05) is 5.56 Å². The number of carbonyl (C=O) groups is 1. The minimum Gasteiger partial charge on any atom is -0.508 e. The van der Waals surface area contributed by atoms with E-state index in [1.165, 1.54) is 0 Å². The van der Waals surface area contributed by atoms with Crippen molar-refractivity contribution >= 4 is 16.7 Å². The Labute approximate surface area is 159 Å². The number of aromatic carboxylic acids is 1. The predicted molar refractivity (Wildman–Crippen MR) is 110 cm³/mol. The molecule has 2 N–H and O–H groups in total. The van der Waals surface area contributed by atoms with Gasteiger partial charge >= 0.3 is 5.97 Å². The zero-order valence-corrected chi connectivity index (χ0v) is 15.7. The summed E-state index contributed by atoms with van der Waals surface area (Å²) < 4.78 is 0. The topological polar surface area (TPSA) is 57.5 Å². The smallest absolute Gasteiger partial charge is 0.335 e. The van der Waals surface area contributed by atoms with Crippen molar-refractivity contribution in [2.45, 2.75) is 32.1 Å². The molecule has 0 aliphatic heterocycles. The van der Waals surface area contributed by atoms with E-state index in [0.29, 0.717) is 5.75 Å². The van der Waals surface area contributed by atoms with Crippen molar-refractivity contribution in [2.24, 2.45) is 0 Å². The normalized spacial score (nSPS) is 13.3. The van der Waals surface area contributed by atoms with Crippen LogP contribution in [0.1, 0.15) is 42.6 Å². The van der Waals surface area contributed by atoms with Gasteiger partial charge in [0.1, 0.15) is 5.75 Å². The molecule has 27 heavy (non-hydrogen) atoms. The molecule has 1 atom stereocenters. The molecule has 0 radical (unpaired) electrons. The molecule has 3 nitrogen and oxygen atoms in total. The average Bonchev–Trinajstić information content (AvgIpc) is 2.67. The van der Waals surface area contributed by atoms with Crippen molar-refractivity contribution in [1.29, 1.82) is 0 Å². The van der Waals surface area contributed by atoms with Gasteiger partial charge in [0.25, 0.3) is 0 Å². The van der Waals surface area contributed by atoms with Gasteiger partial charge in [-0.05, 0) is 70.5 Å². The van der Waals surface area contributed by atoms with Gasteiger partial charge in [0.15, 0.2) is 0 Å². The van der Waals surface area contributed by atoms with E-state index in [9.17, 15) is 9.90 Å². The summed E-state index contributed by atoms with van der Waals surface area (Å²) in [5.41, 5.74) is 3.00. The lowest BCUT2D eigenvalue weighted by molar-refractivity contribution is 0.0697. The van der Waals surface area contributed by atoms with Crippen molar-refractivity contribution < 1.29 is 15.0 Å². The molecule has 1 unspecified atom stereocenters. The summed E-state index contributed by atoms with van der Waals surface area (Å²) in [4.78, 5) is 11.0. The summed E-state index contributed by atoms with van der Waals surface area (Å²) >= 11 is 0. The molecule has 3 heteroatoms. The van der Waals surface area contributed by atoms with Crippen molar-refractivity contribution in [3.63, 3.8) is 0 Å². The van der Waals surface area contributed by atoms with Crippen LogP contribution in [0.15, 0.2) is 67.3 Å². The summed E-state index contributed by atoms with van der Waals surface area (Å²) in [5.74, 6) is -0.617. The van der Waals surface area contributed by atoms with Crippen molar-refractivity contribution in [1.82, 2.24) is 0 Å². The fraction of sp³-hybridized carbons (Fsp3) is 0.208. The Kier molecular flexibility index (Phi) is 5.04. The summed E-state index contributed by atoms with van der Waals surface area (Å²) in [5, 5.41) is 21.7. The summed E-state index contributed by atoms with van der Waals surface area (Å²) in [6, 6.07) is 16.8. The Morgan fingerprint density at radius 1 is 1.04 bits per heavy atom. The molecule has 3 aromatic carbocycles. The van der Waals surface area contributed by atoms with Crippen molar-refractivity contribution in [2.75, 3.05) is 0 Å². The highest BCUT2D eigenvalue weighted by Crippen LogP contribution is 2.40. The lowest BCUT2D eigenvalue weighted by Crippen LogP contribution is -2.20. The third-order valence-corrected chi connectivity index (χ3v) is 5.45. The maximum atomic E-state index is 11.0. The third-order valence-electron chi connectivity index (χ3n) is 5.45. The number of phenols is 1. The molecule has 0 heterocycles. The Morgan fingerprint density at radius 2 is 1.70 bits per heavy atom. The number of hydrogen-bond acceptors (Lipinski definition) is 2. The second kappa shape index (κ2) is 7.28. The number of carboxylic acids is 1. The minimum absolute atomic E-state index is 0.167. The molecule has 0 bridgehead atoms. The highest BCUT2D eigenvalue weighted by Gasteiger charge is 2.26. The van der Waals surface area contributed by atoms with Crippen LogP contribution < -0.4 is 0 Å². The van der Waals surface area contributed by atoms with Crippen LogP contribution >= 0.6 is 0 Å². The van der Waals surface area contributed by atoms with Gasteiger partial charge in [-0.25, -0.2) is 4.79 Å². The maximum absolute atomic E-state index is 11.0. The van der Waals surface area contributed by atoms with E-state index in [1.54, 1.807) is 12.1 Å². The van der Waals surface area contributed by atoms with Crippen LogP contribution in [0.25, 0.3) is 21.9 Å². The fourth-order valence-electron chi connectivity index (χ4n) is 3.52. The Hall–Kier alpha value is -3.07. The molecule has 3 rings (SSSR count). The molecule has 0 amide bonds. The molecule has 0 spiro atoms. The summed E-state index contributed by atoms with van der Waals surface area (Å²) in [7, 11) is 0. The number of allylic oxidation sites excluding steroid dienone is 1. The Bertz CT molecular complexity index is 1000. The van der Waals surface area contributed by atoms with Crippen LogP contribution in [0, 0.1) is 0 Å². The number of hydrogen-bond donors (Lipinski definition) is 2. The fourth-order valence-corrected chi connectivity index (χ4v) is 3.52. The molecule has 0 aliphatic rings. The number of rotatable bonds is 6. The first-order valence-corrected chi connectivity index (χ1v) is 9.10. The molecular weight excluding hydrogens is 336 g/mol. The van der Waals surface area contributed by atoms with E-state index < -0.39 is 5.97 Å². The van der Waals surface area contributed by atoms with Gasteiger partial charge in [-0.3, -0.25) is 0 Å². The van der Waals surface area contributed by atoms with E-state index >= 15 is 0 Å². The number of benzene rings is 3. The predicted octanol–water partition coefficient (Wildman–Crippen LogP) is 6.15. The molecule has 3 aromatic rings. The molecule has 0 aliphatic carbocycles. The molecular formula is C24H24O3. The number of carboxylic acid groups (broad SMARTS) is 1. The minimum atomic E-state index is -0.929. The standard InChI is InChI=1S/C24H24O3/c1-4-12-24(3,5-2)21-14-20-13-18(10-11-19(20)15-22(21)25)16-6-8-17(9-7-16)23(26)27/h4,6-11,13-15,25H,1,5,12H2,2-3H3,(H,26,27). The van der Waals surface area contributed by atoms with E-state index in [2.05, 4.69) is 32.6 Å². The van der Waals surface area contributed by atoms with E-state index in [4.69, 9.17) is 5.11 Å². The van der Waals surface area contributed by atoms with Crippen LogP contribution in [0.3, 0.4) is 0 Å². The lowest BCUT2D eigenvalue weighted by atomic mass is 9.76. The van der Waals surface area contributed by atoms with Gasteiger partial charge in [-0.15, -0.1) is 6.58 Å². The zero-order valence-electron chi connectivity index (χ0n) is 15.7. The SMILES string of the molecule is C=CCC(C)(CC)c1cc2cc(-c3ccc(C(=O)O)cc3)ccc2cc1O. The first-order valence-electron chi connectivity index (χ1n) is 9.10. The van der Waals surface area contributed by atoms with Crippen molar-refractivity contribution in [3.8, 4) is 16.9 Å². The van der Waals surface area contributed by atoms with Gasteiger partial charge in [0.05, 0.1) is 5.56 Å². The summed E-state index contributed by atoms with van der Waals surface area (Å²) in [6.45, 7) is 8.12. The largest absolute Gasteiger partial charge is 0.508 e. The molecule has 0 saturated carbocycles. The van der Waals surface area contributed by atoms with Crippen LogP contribution in [0.5, 0.6) is 5.75 Å². The molecule has 0 fully saturated rings. The first-order chi connectivity index (χ1) is 12.9. The van der Waals surface area contributed by atoms with Crippen molar-refractivity contribution in [3.05, 3.63) is 78.4 Å². The quantitative estimate of drug-likeness (QED) is 0.518. The molecule has 0 aromatic heterocycles. The molecule has 138 valence electrons. The number of phenolic OH excluding ortho intramolecular Hbond substituents is 1. The van der Waals surface area contributed by atoms with E-state index in [-0.39, 0.29) is 11.0 Å². The monoisotopic (exact) mass is 360 g/mol. The second-order valence-corrected chi connectivity index (χ2v) is 7.22. The first kappa shape index (κ1) is 18.7. The third kappa shape index (κ3) is 3.59.